The van der Waals surface area contributed by atoms with E-state index in [1.165, 1.54) is 30.5 Å². The number of hydrogen-bond acceptors (Lipinski definition) is 3. The highest BCUT2D eigenvalue weighted by Gasteiger charge is 2.30. The van der Waals surface area contributed by atoms with Crippen LogP contribution in [0.2, 0.25) is 0 Å². The van der Waals surface area contributed by atoms with E-state index in [1.54, 1.807) is 18.2 Å². The molecule has 0 atom stereocenters. The van der Waals surface area contributed by atoms with Crippen LogP contribution in [0.3, 0.4) is 0 Å². The van der Waals surface area contributed by atoms with Crippen LogP contribution in [0.15, 0.2) is 64.7 Å². The van der Waals surface area contributed by atoms with Crippen LogP contribution < -0.4 is 10.7 Å². The van der Waals surface area contributed by atoms with Crippen molar-refractivity contribution in [1.82, 2.24) is 0 Å². The van der Waals surface area contributed by atoms with Crippen molar-refractivity contribution in [1.29, 1.82) is 5.26 Å². The molecule has 0 aliphatic carbocycles. The third-order valence-electron chi connectivity index (χ3n) is 6.84. The van der Waals surface area contributed by atoms with Gasteiger partial charge >= 0.3 is 6.18 Å². The third-order valence-corrected chi connectivity index (χ3v) is 6.84. The van der Waals surface area contributed by atoms with Crippen molar-refractivity contribution in [3.8, 4) is 17.3 Å². The zero-order chi connectivity index (χ0) is 28.5. The monoisotopic (exact) mass is 546 g/mol. The van der Waals surface area contributed by atoms with Gasteiger partial charge in [-0.05, 0) is 57.6 Å². The molecule has 6 aromatic carbocycles. The van der Waals surface area contributed by atoms with Crippen molar-refractivity contribution < 1.29 is 30.7 Å². The van der Waals surface area contributed by atoms with Crippen molar-refractivity contribution in [2.45, 2.75) is 6.18 Å². The maximum absolute atomic E-state index is 15.0. The highest BCUT2D eigenvalue weighted by Crippen LogP contribution is 2.37. The third kappa shape index (κ3) is 3.45. The molecule has 6 aromatic rings. The minimum atomic E-state index is -4.56. The Bertz CT molecular complexity index is 2280. The van der Waals surface area contributed by atoms with Crippen LogP contribution in [0.1, 0.15) is 5.56 Å². The van der Waals surface area contributed by atoms with E-state index in [4.69, 9.17) is 6.57 Å². The van der Waals surface area contributed by atoms with E-state index in [9.17, 15) is 36.0 Å². The molecule has 0 saturated carbocycles. The van der Waals surface area contributed by atoms with Crippen LogP contribution in [0.25, 0.3) is 59.2 Å². The fraction of sp³-hybridized carbons (Fsp3) is 0.0345. The fourth-order valence-corrected chi connectivity index (χ4v) is 5.16. The first-order valence-electron chi connectivity index (χ1n) is 11.4. The molecule has 0 bridgehead atoms. The predicted molar refractivity (Wildman–Crippen MR) is 132 cm³/mol. The van der Waals surface area contributed by atoms with Gasteiger partial charge in [0, 0.05) is 21.5 Å². The zero-order valence-corrected chi connectivity index (χ0v) is 19.6. The number of halogens is 7. The molecule has 0 heterocycles. The molecule has 0 fully saturated rings. The highest BCUT2D eigenvalue weighted by molar-refractivity contribution is 6.21. The van der Waals surface area contributed by atoms with Crippen molar-refractivity contribution in [2.24, 2.45) is 10.1 Å². The number of nitriles is 1. The van der Waals surface area contributed by atoms with E-state index < -0.39 is 51.1 Å². The average molecular weight is 546 g/mol. The van der Waals surface area contributed by atoms with Crippen molar-refractivity contribution in [3.05, 3.63) is 106 Å². The summed E-state index contributed by atoms with van der Waals surface area (Å²) in [7, 11) is 0. The van der Waals surface area contributed by atoms with Gasteiger partial charge in [0.25, 0.3) is 0 Å². The van der Waals surface area contributed by atoms with Crippen LogP contribution in [-0.4, -0.2) is 0 Å². The molecule has 0 saturated heterocycles. The molecule has 11 heteroatoms. The lowest BCUT2D eigenvalue weighted by molar-refractivity contribution is -0.137. The molecule has 0 aliphatic heterocycles. The van der Waals surface area contributed by atoms with Gasteiger partial charge in [-0.3, -0.25) is 0 Å². The summed E-state index contributed by atoms with van der Waals surface area (Å²) in [5.74, 6) is -7.47. The second-order valence-corrected chi connectivity index (χ2v) is 8.90. The Balaban J connectivity index is 1.76. The Kier molecular flexibility index (Phi) is 5.39. The van der Waals surface area contributed by atoms with E-state index in [0.29, 0.717) is 21.7 Å². The summed E-state index contributed by atoms with van der Waals surface area (Å²) in [6, 6.07) is 12.1. The summed E-state index contributed by atoms with van der Waals surface area (Å²) in [5, 5.41) is 12.9. The topological polar surface area (TPSA) is 52.9 Å². The van der Waals surface area contributed by atoms with Gasteiger partial charge in [-0.15, -0.1) is 4.95 Å². The molecule has 0 N–H and O–H groups in total. The van der Waals surface area contributed by atoms with Gasteiger partial charge < -0.3 is 0 Å². The molecular formula is C29H9F7N4. The Morgan fingerprint density at radius 2 is 1.30 bits per heavy atom. The van der Waals surface area contributed by atoms with Crippen molar-refractivity contribution in [2.75, 3.05) is 0 Å². The first-order chi connectivity index (χ1) is 19.1. The molecular weight excluding hydrogens is 537 g/mol. The summed E-state index contributed by atoms with van der Waals surface area (Å²) in [5.41, 5.74) is -0.197. The molecule has 40 heavy (non-hydrogen) atoms. The van der Waals surface area contributed by atoms with Gasteiger partial charge in [0.1, 0.15) is 0 Å². The van der Waals surface area contributed by atoms with E-state index in [0.717, 1.165) is 12.1 Å². The van der Waals surface area contributed by atoms with Crippen LogP contribution >= 0.6 is 0 Å². The molecule has 6 rings (SSSR count). The summed E-state index contributed by atoms with van der Waals surface area (Å²) in [6.07, 6.45) is -3.09. The largest absolute Gasteiger partial charge is 0.416 e. The molecule has 0 unspecified atom stereocenters. The van der Waals surface area contributed by atoms with Crippen LogP contribution in [0.4, 0.5) is 30.7 Å². The van der Waals surface area contributed by atoms with Gasteiger partial charge in [0.15, 0.2) is 28.6 Å². The molecule has 194 valence electrons. The Hall–Kier alpha value is -5.29. The number of benzene rings is 4. The van der Waals surface area contributed by atoms with E-state index in [-0.39, 0.29) is 27.1 Å². The normalized spacial score (nSPS) is 13.1. The smallest absolute Gasteiger partial charge is 0.203 e. The first-order valence-corrected chi connectivity index (χ1v) is 11.4. The predicted octanol–water partition coefficient (Wildman–Crippen LogP) is 7.53. The lowest BCUT2D eigenvalue weighted by Crippen LogP contribution is -2.04. The second-order valence-electron chi connectivity index (χ2n) is 8.90. The minimum Gasteiger partial charge on any atom is -0.203 e. The van der Waals surface area contributed by atoms with E-state index >= 15 is 0 Å². The van der Waals surface area contributed by atoms with Gasteiger partial charge in [-0.1, -0.05) is 24.3 Å². The number of hydrogen-bond donors (Lipinski definition) is 0. The van der Waals surface area contributed by atoms with E-state index in [1.807, 2.05) is 0 Å². The minimum absolute atomic E-state index is 0.0232. The number of rotatable bonds is 1. The number of fused-ring (bicyclic) bond motifs is 6. The molecule has 0 spiro atoms. The van der Waals surface area contributed by atoms with Crippen LogP contribution in [0, 0.1) is 41.3 Å². The van der Waals surface area contributed by atoms with E-state index in [2.05, 4.69) is 15.0 Å². The molecule has 4 nitrogen and oxygen atoms in total. The summed E-state index contributed by atoms with van der Waals surface area (Å²) in [4.78, 5) is 6.64. The number of nitrogens with zero attached hydrogens (tertiary/aromatic N) is 4. The molecule has 0 amide bonds. The maximum atomic E-state index is 15.0. The van der Waals surface area contributed by atoms with Crippen molar-refractivity contribution in [3.63, 3.8) is 0 Å². The number of alkyl halides is 3. The lowest BCUT2D eigenvalue weighted by Gasteiger charge is -2.09. The van der Waals surface area contributed by atoms with Gasteiger partial charge in [0.05, 0.1) is 21.4 Å². The summed E-state index contributed by atoms with van der Waals surface area (Å²) < 4.78 is 97.9. The van der Waals surface area contributed by atoms with Crippen LogP contribution in [-0.2, 0) is 6.18 Å². The highest BCUT2D eigenvalue weighted by atomic mass is 19.4. The summed E-state index contributed by atoms with van der Waals surface area (Å²) >= 11 is 0. The summed E-state index contributed by atoms with van der Waals surface area (Å²) in [6.45, 7) is 7.29. The SMILES string of the molecule is [C-]#[N+]/N=c1\c2cc(-c3cccc(C(F)(F)F)c3)ccc2c2cc3c(=NC#N)c4c(F)c(F)c(F)c(F)c4c3cc12. The molecule has 0 radical (unpaired) electrons. The van der Waals surface area contributed by atoms with Crippen molar-refractivity contribution >= 4 is 43.1 Å². The molecule has 0 aromatic heterocycles. The Labute approximate surface area is 218 Å². The second kappa shape index (κ2) is 8.61. The Morgan fingerprint density at radius 1 is 0.675 bits per heavy atom. The zero-order valence-electron chi connectivity index (χ0n) is 19.6. The van der Waals surface area contributed by atoms with Gasteiger partial charge in [0.2, 0.25) is 6.19 Å². The Morgan fingerprint density at radius 3 is 1.98 bits per heavy atom. The van der Waals surface area contributed by atoms with Gasteiger partial charge in [-0.25, -0.2) is 17.6 Å². The average Bonchev–Trinajstić information content (AvgIpc) is 3.41. The fourth-order valence-electron chi connectivity index (χ4n) is 5.16. The standard InChI is InChI=1S/C29H9F7N4/c1-38-40-27-18-8-13(12-3-2-4-14(7-12)29(34,35)36)5-6-15(18)16-9-20-17(10-19(16)27)21-22(28(20)39-11-37)24(31)26(33)25(32)23(21)30/h2-10H/b39-28?,40-27+. The first kappa shape index (κ1) is 25.0. The van der Waals surface area contributed by atoms with Gasteiger partial charge in [-0.2, -0.15) is 30.0 Å². The lowest BCUT2D eigenvalue weighted by atomic mass is 10.0. The maximum Gasteiger partial charge on any atom is 0.416 e. The molecule has 0 aliphatic rings. The quantitative estimate of drug-likeness (QED) is 0.0525. The van der Waals surface area contributed by atoms with Crippen LogP contribution in [0.5, 0.6) is 0 Å².